The highest BCUT2D eigenvalue weighted by atomic mass is 16.2. The van der Waals surface area contributed by atoms with E-state index in [1.54, 1.807) is 6.07 Å². The fraction of sp³-hybridized carbons (Fsp3) is 0.462. The van der Waals surface area contributed by atoms with Gasteiger partial charge in [0.1, 0.15) is 6.07 Å². The van der Waals surface area contributed by atoms with E-state index in [0.29, 0.717) is 30.0 Å². The third-order valence-corrected chi connectivity index (χ3v) is 3.20. The summed E-state index contributed by atoms with van der Waals surface area (Å²) in [5.74, 6) is 0.619. The molecule has 1 aromatic heterocycles. The molecule has 1 amide bonds. The van der Waals surface area contributed by atoms with Crippen LogP contribution >= 0.6 is 0 Å². The molecular formula is C13H17N5O. The SMILES string of the molecule is N#Cc1ccnc(NCCC(=O)N2CCCC2)c1N. The second kappa shape index (κ2) is 6.05. The number of hydrogen-bond donors (Lipinski definition) is 2. The monoisotopic (exact) mass is 259 g/mol. The van der Waals surface area contributed by atoms with Gasteiger partial charge in [0.05, 0.1) is 11.3 Å². The van der Waals surface area contributed by atoms with Gasteiger partial charge in [0, 0.05) is 32.3 Å². The van der Waals surface area contributed by atoms with Crippen LogP contribution in [0.3, 0.4) is 0 Å². The highest BCUT2D eigenvalue weighted by Gasteiger charge is 2.17. The quantitative estimate of drug-likeness (QED) is 0.839. The lowest BCUT2D eigenvalue weighted by molar-refractivity contribution is -0.129. The molecule has 0 bridgehead atoms. The molecule has 6 nitrogen and oxygen atoms in total. The number of pyridine rings is 1. The van der Waals surface area contributed by atoms with E-state index in [1.165, 1.54) is 6.20 Å². The number of rotatable bonds is 4. The van der Waals surface area contributed by atoms with E-state index in [0.717, 1.165) is 25.9 Å². The lowest BCUT2D eigenvalue weighted by Crippen LogP contribution is -2.29. The van der Waals surface area contributed by atoms with Crippen molar-refractivity contribution in [3.8, 4) is 6.07 Å². The Labute approximate surface area is 112 Å². The van der Waals surface area contributed by atoms with Crippen LogP contribution in [0.25, 0.3) is 0 Å². The minimum absolute atomic E-state index is 0.153. The van der Waals surface area contributed by atoms with Crippen molar-refractivity contribution in [2.75, 3.05) is 30.7 Å². The Balaban J connectivity index is 1.86. The van der Waals surface area contributed by atoms with Gasteiger partial charge in [-0.1, -0.05) is 0 Å². The van der Waals surface area contributed by atoms with Crippen LogP contribution in [0.15, 0.2) is 12.3 Å². The number of likely N-dealkylation sites (tertiary alicyclic amines) is 1. The molecule has 0 radical (unpaired) electrons. The van der Waals surface area contributed by atoms with E-state index in [4.69, 9.17) is 11.0 Å². The molecule has 1 aliphatic heterocycles. The van der Waals surface area contributed by atoms with E-state index in [9.17, 15) is 4.79 Å². The standard InChI is InChI=1S/C13H17N5O/c14-9-10-3-5-16-13(12(10)15)17-6-4-11(19)18-7-1-2-8-18/h3,5H,1-2,4,6-8,15H2,(H,16,17). The van der Waals surface area contributed by atoms with Gasteiger partial charge in [-0.25, -0.2) is 4.98 Å². The van der Waals surface area contributed by atoms with Crippen LogP contribution in [0.2, 0.25) is 0 Å². The maximum Gasteiger partial charge on any atom is 0.224 e. The average molecular weight is 259 g/mol. The summed E-state index contributed by atoms with van der Waals surface area (Å²) in [6, 6.07) is 3.56. The summed E-state index contributed by atoms with van der Waals surface area (Å²) in [5, 5.41) is 11.9. The van der Waals surface area contributed by atoms with E-state index < -0.39 is 0 Å². The number of carbonyl (C=O) groups is 1. The number of hydrogen-bond acceptors (Lipinski definition) is 5. The summed E-state index contributed by atoms with van der Waals surface area (Å²) in [7, 11) is 0. The second-order valence-electron chi connectivity index (χ2n) is 4.50. The lowest BCUT2D eigenvalue weighted by atomic mass is 10.2. The van der Waals surface area contributed by atoms with Crippen LogP contribution in [-0.4, -0.2) is 35.4 Å². The molecule has 0 unspecified atom stereocenters. The molecule has 1 aromatic rings. The van der Waals surface area contributed by atoms with Crippen LogP contribution in [0.5, 0.6) is 0 Å². The molecule has 0 spiro atoms. The van der Waals surface area contributed by atoms with Crippen LogP contribution in [0, 0.1) is 11.3 Å². The van der Waals surface area contributed by atoms with Gasteiger partial charge in [0.2, 0.25) is 5.91 Å². The van der Waals surface area contributed by atoms with Crippen molar-refractivity contribution in [2.24, 2.45) is 0 Å². The van der Waals surface area contributed by atoms with E-state index in [2.05, 4.69) is 10.3 Å². The Kier molecular flexibility index (Phi) is 4.18. The largest absolute Gasteiger partial charge is 0.395 e. The van der Waals surface area contributed by atoms with Gasteiger partial charge in [0.25, 0.3) is 0 Å². The number of anilines is 2. The molecule has 0 aliphatic carbocycles. The molecule has 1 aliphatic rings. The van der Waals surface area contributed by atoms with Crippen LogP contribution < -0.4 is 11.1 Å². The summed E-state index contributed by atoms with van der Waals surface area (Å²) in [6.07, 6.45) is 4.13. The number of carbonyl (C=O) groups excluding carboxylic acids is 1. The Morgan fingerprint density at radius 2 is 2.26 bits per heavy atom. The highest BCUT2D eigenvalue weighted by molar-refractivity contribution is 5.77. The molecule has 1 fully saturated rings. The summed E-state index contributed by atoms with van der Waals surface area (Å²) >= 11 is 0. The number of aromatic nitrogens is 1. The highest BCUT2D eigenvalue weighted by Crippen LogP contribution is 2.18. The molecule has 19 heavy (non-hydrogen) atoms. The maximum atomic E-state index is 11.8. The lowest BCUT2D eigenvalue weighted by Gasteiger charge is -2.15. The Bertz CT molecular complexity index is 502. The second-order valence-corrected chi connectivity index (χ2v) is 4.50. The molecule has 3 N–H and O–H groups in total. The minimum atomic E-state index is 0.153. The van der Waals surface area contributed by atoms with Crippen molar-refractivity contribution in [1.29, 1.82) is 5.26 Å². The first-order chi connectivity index (χ1) is 9.22. The van der Waals surface area contributed by atoms with Crippen molar-refractivity contribution in [3.63, 3.8) is 0 Å². The van der Waals surface area contributed by atoms with Gasteiger partial charge in [-0.15, -0.1) is 0 Å². The Morgan fingerprint density at radius 3 is 2.95 bits per heavy atom. The number of nitrogens with one attached hydrogen (secondary N) is 1. The molecule has 2 heterocycles. The van der Waals surface area contributed by atoms with Crippen LogP contribution in [0.1, 0.15) is 24.8 Å². The molecule has 2 rings (SSSR count). The van der Waals surface area contributed by atoms with Crippen LogP contribution in [-0.2, 0) is 4.79 Å². The molecular weight excluding hydrogens is 242 g/mol. The van der Waals surface area contributed by atoms with Gasteiger partial charge in [0.15, 0.2) is 5.82 Å². The molecule has 6 heteroatoms. The molecule has 1 saturated heterocycles. The average Bonchev–Trinajstić information content (AvgIpc) is 2.94. The van der Waals surface area contributed by atoms with E-state index >= 15 is 0 Å². The normalized spacial score (nSPS) is 14.2. The van der Waals surface area contributed by atoms with Crippen molar-refractivity contribution in [2.45, 2.75) is 19.3 Å². The molecule has 0 atom stereocenters. The Hall–Kier alpha value is -2.29. The predicted molar refractivity (Wildman–Crippen MR) is 72.3 cm³/mol. The molecule has 0 aromatic carbocycles. The predicted octanol–water partition coefficient (Wildman–Crippen LogP) is 0.960. The fourth-order valence-corrected chi connectivity index (χ4v) is 2.12. The van der Waals surface area contributed by atoms with Gasteiger partial charge in [-0.05, 0) is 18.9 Å². The van der Waals surface area contributed by atoms with Crippen molar-refractivity contribution in [1.82, 2.24) is 9.88 Å². The first-order valence-corrected chi connectivity index (χ1v) is 6.38. The number of nitrogens with two attached hydrogens (primary N) is 1. The third-order valence-electron chi connectivity index (χ3n) is 3.20. The first kappa shape index (κ1) is 13.1. The smallest absolute Gasteiger partial charge is 0.224 e. The van der Waals surface area contributed by atoms with Crippen LogP contribution in [0.4, 0.5) is 11.5 Å². The number of amides is 1. The summed E-state index contributed by atoms with van der Waals surface area (Å²) in [4.78, 5) is 17.8. The number of nitriles is 1. The van der Waals surface area contributed by atoms with Gasteiger partial charge < -0.3 is 16.0 Å². The summed E-state index contributed by atoms with van der Waals surface area (Å²) in [5.41, 5.74) is 6.51. The van der Waals surface area contributed by atoms with Gasteiger partial charge >= 0.3 is 0 Å². The maximum absolute atomic E-state index is 11.8. The van der Waals surface area contributed by atoms with E-state index in [-0.39, 0.29) is 5.91 Å². The molecule has 100 valence electrons. The van der Waals surface area contributed by atoms with Gasteiger partial charge in [-0.2, -0.15) is 5.26 Å². The number of nitrogens with zero attached hydrogens (tertiary/aromatic N) is 3. The number of nitrogen functional groups attached to an aromatic ring is 1. The van der Waals surface area contributed by atoms with E-state index in [1.807, 2.05) is 11.0 Å². The minimum Gasteiger partial charge on any atom is -0.395 e. The van der Waals surface area contributed by atoms with Gasteiger partial charge in [-0.3, -0.25) is 4.79 Å². The summed E-state index contributed by atoms with van der Waals surface area (Å²) in [6.45, 7) is 2.20. The zero-order chi connectivity index (χ0) is 13.7. The summed E-state index contributed by atoms with van der Waals surface area (Å²) < 4.78 is 0. The van der Waals surface area contributed by atoms with Crippen molar-refractivity contribution in [3.05, 3.63) is 17.8 Å². The Morgan fingerprint density at radius 1 is 1.53 bits per heavy atom. The molecule has 0 saturated carbocycles. The van der Waals surface area contributed by atoms with Crippen molar-refractivity contribution < 1.29 is 4.79 Å². The third kappa shape index (κ3) is 3.13. The zero-order valence-corrected chi connectivity index (χ0v) is 10.7. The first-order valence-electron chi connectivity index (χ1n) is 6.38. The van der Waals surface area contributed by atoms with Crippen molar-refractivity contribution >= 4 is 17.4 Å². The zero-order valence-electron chi connectivity index (χ0n) is 10.7. The topological polar surface area (TPSA) is 95.0 Å². The fourth-order valence-electron chi connectivity index (χ4n) is 2.12.